The second-order valence-electron chi connectivity index (χ2n) is 3.32. The van der Waals surface area contributed by atoms with Gasteiger partial charge in [-0.3, -0.25) is 4.57 Å². The smallest absolute Gasteiger partial charge is 0.211 e. The molecule has 2 aromatic heterocycles. The second kappa shape index (κ2) is 3.14. The van der Waals surface area contributed by atoms with Gasteiger partial charge in [-0.2, -0.15) is 0 Å². The van der Waals surface area contributed by atoms with Crippen LogP contribution in [0.4, 0.5) is 0 Å². The molecule has 0 aliphatic heterocycles. The molecule has 1 N–H and O–H groups in total. The number of imidazole rings is 1. The Morgan fingerprint density at radius 1 is 1.27 bits per heavy atom. The third-order valence-electron chi connectivity index (χ3n) is 2.36. The fraction of sp³-hybridized carbons (Fsp3) is 0. The molecule has 0 atom stereocenters. The molecule has 15 heavy (non-hydrogen) atoms. The molecule has 0 radical (unpaired) electrons. The predicted octanol–water partition coefficient (Wildman–Crippen LogP) is 3.01. The molecule has 0 saturated heterocycles. The Labute approximate surface area is 91.3 Å². The van der Waals surface area contributed by atoms with Crippen molar-refractivity contribution in [3.05, 3.63) is 48.0 Å². The van der Waals surface area contributed by atoms with Crippen LogP contribution in [0, 0.1) is 0 Å². The standard InChI is InChI=1S/C11H8ClN3/c12-10-3-1-2-8-6-15(7-9(8)10)11-13-4-5-14-11/h1-7H,(H,13,14). The summed E-state index contributed by atoms with van der Waals surface area (Å²) in [5, 5.41) is 2.91. The molecule has 0 unspecified atom stereocenters. The zero-order valence-corrected chi connectivity index (χ0v) is 8.57. The van der Waals surface area contributed by atoms with Crippen molar-refractivity contribution >= 4 is 22.4 Å². The van der Waals surface area contributed by atoms with E-state index in [1.807, 2.05) is 35.2 Å². The van der Waals surface area contributed by atoms with Crippen LogP contribution in [0.2, 0.25) is 5.02 Å². The third kappa shape index (κ3) is 1.32. The number of aromatic amines is 1. The molecule has 0 amide bonds. The van der Waals surface area contributed by atoms with E-state index in [1.165, 1.54) is 0 Å². The topological polar surface area (TPSA) is 33.6 Å². The van der Waals surface area contributed by atoms with Crippen LogP contribution < -0.4 is 0 Å². The summed E-state index contributed by atoms with van der Waals surface area (Å²) >= 11 is 6.09. The number of benzene rings is 1. The highest BCUT2D eigenvalue weighted by molar-refractivity contribution is 6.35. The van der Waals surface area contributed by atoms with Crippen LogP contribution in [0.5, 0.6) is 0 Å². The van der Waals surface area contributed by atoms with E-state index in [4.69, 9.17) is 11.6 Å². The van der Waals surface area contributed by atoms with Crippen molar-refractivity contribution in [1.29, 1.82) is 0 Å². The van der Waals surface area contributed by atoms with Crippen molar-refractivity contribution < 1.29 is 0 Å². The van der Waals surface area contributed by atoms with Gasteiger partial charge in [0.2, 0.25) is 5.95 Å². The maximum Gasteiger partial charge on any atom is 0.211 e. The van der Waals surface area contributed by atoms with Crippen LogP contribution in [-0.4, -0.2) is 14.5 Å². The van der Waals surface area contributed by atoms with Gasteiger partial charge >= 0.3 is 0 Å². The van der Waals surface area contributed by atoms with Gasteiger partial charge in [-0.1, -0.05) is 23.7 Å². The van der Waals surface area contributed by atoms with E-state index in [2.05, 4.69) is 9.97 Å². The van der Waals surface area contributed by atoms with Gasteiger partial charge in [0.25, 0.3) is 0 Å². The number of hydrogen-bond acceptors (Lipinski definition) is 1. The van der Waals surface area contributed by atoms with E-state index < -0.39 is 0 Å². The monoisotopic (exact) mass is 217 g/mol. The number of halogens is 1. The van der Waals surface area contributed by atoms with E-state index in [1.54, 1.807) is 12.4 Å². The summed E-state index contributed by atoms with van der Waals surface area (Å²) in [5.41, 5.74) is 0. The lowest BCUT2D eigenvalue weighted by Crippen LogP contribution is -1.90. The molecular formula is C11H8ClN3. The zero-order chi connectivity index (χ0) is 10.3. The molecule has 2 heterocycles. The summed E-state index contributed by atoms with van der Waals surface area (Å²) in [4.78, 5) is 7.22. The van der Waals surface area contributed by atoms with Crippen LogP contribution in [0.3, 0.4) is 0 Å². The minimum absolute atomic E-state index is 0.762. The highest BCUT2D eigenvalue weighted by Crippen LogP contribution is 2.24. The summed E-state index contributed by atoms with van der Waals surface area (Å²) in [6, 6.07) is 5.86. The van der Waals surface area contributed by atoms with Crippen molar-refractivity contribution in [3.8, 4) is 5.95 Å². The van der Waals surface area contributed by atoms with Crippen molar-refractivity contribution in [1.82, 2.24) is 14.5 Å². The van der Waals surface area contributed by atoms with Crippen molar-refractivity contribution in [2.24, 2.45) is 0 Å². The predicted molar refractivity (Wildman–Crippen MR) is 60.4 cm³/mol. The molecule has 0 aliphatic carbocycles. The van der Waals surface area contributed by atoms with Crippen molar-refractivity contribution in [2.45, 2.75) is 0 Å². The van der Waals surface area contributed by atoms with Crippen LogP contribution in [0.15, 0.2) is 43.0 Å². The lowest BCUT2D eigenvalue weighted by atomic mass is 10.2. The zero-order valence-electron chi connectivity index (χ0n) is 7.81. The molecule has 3 rings (SSSR count). The Morgan fingerprint density at radius 2 is 2.20 bits per heavy atom. The van der Waals surface area contributed by atoms with Gasteiger partial charge in [0, 0.05) is 40.6 Å². The lowest BCUT2D eigenvalue weighted by molar-refractivity contribution is 0.978. The Balaban J connectivity index is 2.27. The quantitative estimate of drug-likeness (QED) is 0.668. The Kier molecular flexibility index (Phi) is 1.79. The lowest BCUT2D eigenvalue weighted by Gasteiger charge is -1.93. The first-order valence-corrected chi connectivity index (χ1v) is 4.98. The summed E-state index contributed by atoms with van der Waals surface area (Å²) in [5.74, 6) is 0.794. The normalized spacial score (nSPS) is 11.0. The van der Waals surface area contributed by atoms with E-state index >= 15 is 0 Å². The molecule has 3 aromatic rings. The Hall–Kier alpha value is -1.74. The minimum Gasteiger partial charge on any atom is -0.330 e. The van der Waals surface area contributed by atoms with Gasteiger partial charge < -0.3 is 4.98 Å². The van der Waals surface area contributed by atoms with E-state index in [9.17, 15) is 0 Å². The maximum absolute atomic E-state index is 6.09. The summed E-state index contributed by atoms with van der Waals surface area (Å²) in [7, 11) is 0. The highest BCUT2D eigenvalue weighted by atomic mass is 35.5. The van der Waals surface area contributed by atoms with Gasteiger partial charge in [-0.15, -0.1) is 0 Å². The Bertz CT molecular complexity index is 595. The number of fused-ring (bicyclic) bond motifs is 1. The van der Waals surface area contributed by atoms with Gasteiger partial charge in [0.1, 0.15) is 0 Å². The summed E-state index contributed by atoms with van der Waals surface area (Å²) in [6.45, 7) is 0. The minimum atomic E-state index is 0.762. The van der Waals surface area contributed by atoms with Crippen LogP contribution >= 0.6 is 11.6 Å². The SMILES string of the molecule is Clc1cccc2cn(-c3ncc[nH]3)cc12. The molecule has 3 nitrogen and oxygen atoms in total. The van der Waals surface area contributed by atoms with Crippen LogP contribution in [0.1, 0.15) is 0 Å². The molecule has 1 aromatic carbocycles. The van der Waals surface area contributed by atoms with Crippen molar-refractivity contribution in [3.63, 3.8) is 0 Å². The van der Waals surface area contributed by atoms with Gasteiger partial charge in [-0.05, 0) is 6.07 Å². The average Bonchev–Trinajstić information content (AvgIpc) is 2.86. The third-order valence-corrected chi connectivity index (χ3v) is 2.69. The van der Waals surface area contributed by atoms with Gasteiger partial charge in [-0.25, -0.2) is 4.98 Å². The first-order valence-electron chi connectivity index (χ1n) is 4.60. The number of nitrogens with one attached hydrogen (secondary N) is 1. The van der Waals surface area contributed by atoms with E-state index in [0.29, 0.717) is 0 Å². The fourth-order valence-electron chi connectivity index (χ4n) is 1.65. The second-order valence-corrected chi connectivity index (χ2v) is 3.73. The highest BCUT2D eigenvalue weighted by Gasteiger charge is 2.04. The van der Waals surface area contributed by atoms with E-state index in [0.717, 1.165) is 21.7 Å². The van der Waals surface area contributed by atoms with Crippen LogP contribution in [-0.2, 0) is 0 Å². The molecular weight excluding hydrogens is 210 g/mol. The molecule has 74 valence electrons. The summed E-state index contributed by atoms with van der Waals surface area (Å²) < 4.78 is 1.93. The number of nitrogens with zero attached hydrogens (tertiary/aromatic N) is 2. The number of aromatic nitrogens is 3. The molecule has 0 aliphatic rings. The van der Waals surface area contributed by atoms with Crippen LogP contribution in [0.25, 0.3) is 16.7 Å². The van der Waals surface area contributed by atoms with Gasteiger partial charge in [0.15, 0.2) is 0 Å². The maximum atomic E-state index is 6.09. The van der Waals surface area contributed by atoms with Crippen molar-refractivity contribution in [2.75, 3.05) is 0 Å². The molecule has 0 bridgehead atoms. The largest absolute Gasteiger partial charge is 0.330 e. The molecule has 4 heteroatoms. The summed E-state index contributed by atoms with van der Waals surface area (Å²) in [6.07, 6.45) is 7.49. The Morgan fingerprint density at radius 3 is 2.93 bits per heavy atom. The molecule has 0 fully saturated rings. The fourth-order valence-corrected chi connectivity index (χ4v) is 1.88. The van der Waals surface area contributed by atoms with E-state index in [-0.39, 0.29) is 0 Å². The molecule has 0 saturated carbocycles. The van der Waals surface area contributed by atoms with Gasteiger partial charge in [0.05, 0.1) is 0 Å². The molecule has 0 spiro atoms. The average molecular weight is 218 g/mol. The first kappa shape index (κ1) is 8.56. The number of hydrogen-bond donors (Lipinski definition) is 1. The number of H-pyrrole nitrogens is 1. The number of rotatable bonds is 1. The first-order chi connectivity index (χ1) is 7.34.